The second-order valence-corrected chi connectivity index (χ2v) is 4.38. The Labute approximate surface area is 107 Å². The Balaban J connectivity index is 2.32. The number of hydrogen-bond donors (Lipinski definition) is 2. The molecule has 2 atom stereocenters. The summed E-state index contributed by atoms with van der Waals surface area (Å²) < 4.78 is 0. The third kappa shape index (κ3) is 2.76. The average Bonchev–Trinajstić information content (AvgIpc) is 2.40. The highest BCUT2D eigenvalue weighted by molar-refractivity contribution is 5.26. The molecule has 0 aliphatic carbocycles. The highest BCUT2D eigenvalue weighted by Crippen LogP contribution is 2.31. The Morgan fingerprint density at radius 2 is 1.33 bits per heavy atom. The molecule has 2 aromatic carbocycles. The van der Waals surface area contributed by atoms with Crippen molar-refractivity contribution < 1.29 is 5.11 Å². The first-order valence-electron chi connectivity index (χ1n) is 5.95. The van der Waals surface area contributed by atoms with Crippen molar-refractivity contribution in [3.63, 3.8) is 0 Å². The van der Waals surface area contributed by atoms with Gasteiger partial charge in [0.05, 0.1) is 12.1 Å². The molecule has 0 aromatic heterocycles. The quantitative estimate of drug-likeness (QED) is 0.638. The van der Waals surface area contributed by atoms with Crippen LogP contribution in [-0.2, 0) is 0 Å². The lowest BCUT2D eigenvalue weighted by atomic mass is 9.95. The van der Waals surface area contributed by atoms with Gasteiger partial charge in [0.25, 0.3) is 0 Å². The molecule has 18 heavy (non-hydrogen) atoms. The number of nitrogens with two attached hydrogens (primary N) is 1. The molecule has 0 radical (unpaired) electrons. The van der Waals surface area contributed by atoms with Crippen molar-refractivity contribution in [2.75, 3.05) is 7.05 Å². The first kappa shape index (κ1) is 12.8. The molecule has 2 aromatic rings. The topological polar surface area (TPSA) is 49.5 Å². The zero-order chi connectivity index (χ0) is 13.0. The molecule has 94 valence electrons. The van der Waals surface area contributed by atoms with Crippen LogP contribution < -0.4 is 5.84 Å². The predicted octanol–water partition coefficient (Wildman–Crippen LogP) is 2.27. The van der Waals surface area contributed by atoms with Crippen molar-refractivity contribution in [2.24, 2.45) is 5.84 Å². The minimum atomic E-state index is -0.649. The second-order valence-electron chi connectivity index (χ2n) is 4.38. The molecule has 0 aliphatic heterocycles. The molecule has 3 N–H and O–H groups in total. The molecule has 0 saturated carbocycles. The molecule has 0 fully saturated rings. The molecule has 0 bridgehead atoms. The minimum absolute atomic E-state index is 0.256. The smallest absolute Gasteiger partial charge is 0.1000 e. The van der Waals surface area contributed by atoms with Crippen LogP contribution in [0.5, 0.6) is 0 Å². The van der Waals surface area contributed by atoms with E-state index in [4.69, 9.17) is 5.84 Å². The summed E-state index contributed by atoms with van der Waals surface area (Å²) in [5, 5.41) is 12.0. The third-order valence-electron chi connectivity index (χ3n) is 3.02. The zero-order valence-corrected chi connectivity index (χ0v) is 10.4. The molecule has 2 unspecified atom stereocenters. The van der Waals surface area contributed by atoms with Gasteiger partial charge in [0, 0.05) is 7.05 Å². The van der Waals surface area contributed by atoms with Crippen molar-refractivity contribution in [3.8, 4) is 0 Å². The van der Waals surface area contributed by atoms with E-state index in [1.807, 2.05) is 60.7 Å². The summed E-state index contributed by atoms with van der Waals surface area (Å²) in [6.07, 6.45) is -0.649. The van der Waals surface area contributed by atoms with Crippen LogP contribution in [0, 0.1) is 0 Å². The fraction of sp³-hybridized carbons (Fsp3) is 0.200. The van der Waals surface area contributed by atoms with Crippen molar-refractivity contribution in [1.82, 2.24) is 5.01 Å². The third-order valence-corrected chi connectivity index (χ3v) is 3.02. The van der Waals surface area contributed by atoms with Crippen LogP contribution in [0.4, 0.5) is 0 Å². The van der Waals surface area contributed by atoms with Crippen LogP contribution >= 0.6 is 0 Å². The van der Waals surface area contributed by atoms with Gasteiger partial charge in [-0.3, -0.25) is 5.84 Å². The molecule has 0 amide bonds. The molecule has 0 heterocycles. The van der Waals surface area contributed by atoms with Gasteiger partial charge in [0.15, 0.2) is 0 Å². The number of benzene rings is 2. The lowest BCUT2D eigenvalue weighted by molar-refractivity contribution is 0.0620. The molecule has 0 aliphatic rings. The standard InChI is InChI=1S/C15H18N2O/c1-17(16)14(12-8-4-2-5-9-12)15(18)13-10-6-3-7-11-13/h2-11,14-15,18H,16H2,1H3. The summed E-state index contributed by atoms with van der Waals surface area (Å²) in [4.78, 5) is 0. The molecule has 0 spiro atoms. The predicted molar refractivity (Wildman–Crippen MR) is 72.5 cm³/mol. The molecule has 0 saturated heterocycles. The van der Waals surface area contributed by atoms with E-state index in [0.29, 0.717) is 0 Å². The van der Waals surface area contributed by atoms with Gasteiger partial charge in [-0.05, 0) is 11.1 Å². The number of hydrogen-bond acceptors (Lipinski definition) is 3. The molecular weight excluding hydrogens is 224 g/mol. The summed E-state index contributed by atoms with van der Waals surface area (Å²) in [6.45, 7) is 0. The van der Waals surface area contributed by atoms with Crippen LogP contribution in [0.1, 0.15) is 23.3 Å². The second kappa shape index (κ2) is 5.78. The van der Waals surface area contributed by atoms with Crippen molar-refractivity contribution in [3.05, 3.63) is 71.8 Å². The van der Waals surface area contributed by atoms with Gasteiger partial charge in [-0.25, -0.2) is 5.01 Å². The number of hydrazine groups is 1. The Bertz CT molecular complexity index is 470. The Kier molecular flexibility index (Phi) is 4.10. The highest BCUT2D eigenvalue weighted by atomic mass is 16.3. The maximum absolute atomic E-state index is 10.5. The summed E-state index contributed by atoms with van der Waals surface area (Å²) in [5.41, 5.74) is 1.86. The Morgan fingerprint density at radius 3 is 1.78 bits per heavy atom. The van der Waals surface area contributed by atoms with Crippen LogP contribution in [0.2, 0.25) is 0 Å². The van der Waals surface area contributed by atoms with Crippen LogP contribution in [0.15, 0.2) is 60.7 Å². The van der Waals surface area contributed by atoms with E-state index in [1.165, 1.54) is 0 Å². The van der Waals surface area contributed by atoms with Gasteiger partial charge < -0.3 is 5.11 Å². The van der Waals surface area contributed by atoms with E-state index in [9.17, 15) is 5.11 Å². The van der Waals surface area contributed by atoms with Gasteiger partial charge in [0.1, 0.15) is 0 Å². The molecular formula is C15H18N2O. The van der Waals surface area contributed by atoms with E-state index < -0.39 is 6.10 Å². The Morgan fingerprint density at radius 1 is 0.889 bits per heavy atom. The summed E-state index contributed by atoms with van der Waals surface area (Å²) in [7, 11) is 1.77. The van der Waals surface area contributed by atoms with Crippen LogP contribution in [0.25, 0.3) is 0 Å². The monoisotopic (exact) mass is 242 g/mol. The SMILES string of the molecule is CN(N)C(c1ccccc1)C(O)c1ccccc1. The van der Waals surface area contributed by atoms with Crippen LogP contribution in [-0.4, -0.2) is 17.2 Å². The lowest BCUT2D eigenvalue weighted by Gasteiger charge is -2.29. The number of rotatable bonds is 4. The normalized spacial score (nSPS) is 14.4. The maximum atomic E-state index is 10.5. The van der Waals surface area contributed by atoms with E-state index in [1.54, 1.807) is 12.1 Å². The highest BCUT2D eigenvalue weighted by Gasteiger charge is 2.24. The van der Waals surface area contributed by atoms with Gasteiger partial charge in [-0.1, -0.05) is 60.7 Å². The number of aliphatic hydroxyl groups excluding tert-OH is 1. The van der Waals surface area contributed by atoms with Gasteiger partial charge in [-0.15, -0.1) is 0 Å². The average molecular weight is 242 g/mol. The summed E-state index contributed by atoms with van der Waals surface area (Å²) in [6, 6.07) is 19.1. The summed E-state index contributed by atoms with van der Waals surface area (Å²) in [5.74, 6) is 5.88. The van der Waals surface area contributed by atoms with Crippen molar-refractivity contribution in [1.29, 1.82) is 0 Å². The van der Waals surface area contributed by atoms with Gasteiger partial charge in [-0.2, -0.15) is 0 Å². The minimum Gasteiger partial charge on any atom is -0.386 e. The van der Waals surface area contributed by atoms with Crippen molar-refractivity contribution in [2.45, 2.75) is 12.1 Å². The fourth-order valence-corrected chi connectivity index (χ4v) is 2.12. The van der Waals surface area contributed by atoms with Gasteiger partial charge in [0.2, 0.25) is 0 Å². The van der Waals surface area contributed by atoms with Gasteiger partial charge >= 0.3 is 0 Å². The molecule has 3 heteroatoms. The largest absolute Gasteiger partial charge is 0.386 e. The zero-order valence-electron chi connectivity index (χ0n) is 10.4. The van der Waals surface area contributed by atoms with E-state index in [0.717, 1.165) is 11.1 Å². The lowest BCUT2D eigenvalue weighted by Crippen LogP contribution is -2.35. The van der Waals surface area contributed by atoms with E-state index >= 15 is 0 Å². The number of likely N-dealkylation sites (N-methyl/N-ethyl adjacent to an activating group) is 1. The first-order chi connectivity index (χ1) is 8.70. The van der Waals surface area contributed by atoms with Crippen molar-refractivity contribution >= 4 is 0 Å². The molecule has 3 nitrogen and oxygen atoms in total. The maximum Gasteiger partial charge on any atom is 0.1000 e. The van der Waals surface area contributed by atoms with Crippen LogP contribution in [0.3, 0.4) is 0 Å². The Hall–Kier alpha value is -1.68. The first-order valence-corrected chi connectivity index (χ1v) is 5.95. The van der Waals surface area contributed by atoms with E-state index in [-0.39, 0.29) is 6.04 Å². The number of nitrogens with zero attached hydrogens (tertiary/aromatic N) is 1. The van der Waals surface area contributed by atoms with E-state index in [2.05, 4.69) is 0 Å². The molecule has 2 rings (SSSR count). The summed E-state index contributed by atoms with van der Waals surface area (Å²) >= 11 is 0. The fourth-order valence-electron chi connectivity index (χ4n) is 2.12. The number of aliphatic hydroxyl groups is 1.